The third-order valence-electron chi connectivity index (χ3n) is 3.74. The number of alkyl halides is 3. The van der Waals surface area contributed by atoms with E-state index >= 15 is 0 Å². The highest BCUT2D eigenvalue weighted by atomic mass is 19.4. The van der Waals surface area contributed by atoms with Crippen LogP contribution in [-0.4, -0.2) is 19.1 Å². The van der Waals surface area contributed by atoms with Crippen LogP contribution in [-0.2, 0) is 17.5 Å². The molecule has 1 N–H and O–H groups in total. The van der Waals surface area contributed by atoms with Gasteiger partial charge in [0.05, 0.1) is 5.56 Å². The van der Waals surface area contributed by atoms with E-state index in [1.807, 2.05) is 6.07 Å². The number of fused-ring (bicyclic) bond motifs is 1. The SMILES string of the molecule is O=C(/C=C/c1ccc(C(F)(F)F)cc1)NCc1ccc2c(c1)OCCO2. The molecule has 1 heterocycles. The molecule has 0 atom stereocenters. The molecule has 0 saturated carbocycles. The molecule has 136 valence electrons. The van der Waals surface area contributed by atoms with E-state index in [9.17, 15) is 18.0 Å². The lowest BCUT2D eigenvalue weighted by Gasteiger charge is -2.18. The van der Waals surface area contributed by atoms with Crippen molar-refractivity contribution >= 4 is 12.0 Å². The van der Waals surface area contributed by atoms with Gasteiger partial charge in [0.15, 0.2) is 11.5 Å². The van der Waals surface area contributed by atoms with Crippen molar-refractivity contribution in [2.24, 2.45) is 0 Å². The average molecular weight is 363 g/mol. The fourth-order valence-corrected chi connectivity index (χ4v) is 2.40. The molecule has 0 saturated heterocycles. The molecular formula is C19H16F3NO3. The van der Waals surface area contributed by atoms with Crippen LogP contribution in [0.4, 0.5) is 13.2 Å². The number of hydrogen-bond acceptors (Lipinski definition) is 3. The second-order valence-electron chi connectivity index (χ2n) is 5.65. The summed E-state index contributed by atoms with van der Waals surface area (Å²) in [5.74, 6) is 0.969. The van der Waals surface area contributed by atoms with Crippen molar-refractivity contribution in [2.75, 3.05) is 13.2 Å². The summed E-state index contributed by atoms with van der Waals surface area (Å²) in [5, 5.41) is 2.71. The van der Waals surface area contributed by atoms with Crippen LogP contribution < -0.4 is 14.8 Å². The van der Waals surface area contributed by atoms with E-state index in [-0.39, 0.29) is 5.91 Å². The van der Waals surface area contributed by atoms with Crippen molar-refractivity contribution < 1.29 is 27.4 Å². The van der Waals surface area contributed by atoms with Crippen LogP contribution in [0, 0.1) is 0 Å². The van der Waals surface area contributed by atoms with Crippen molar-refractivity contribution in [3.63, 3.8) is 0 Å². The van der Waals surface area contributed by atoms with Gasteiger partial charge in [-0.2, -0.15) is 13.2 Å². The Bertz CT molecular complexity index is 814. The van der Waals surface area contributed by atoms with Gasteiger partial charge in [-0.15, -0.1) is 0 Å². The minimum Gasteiger partial charge on any atom is -0.486 e. The van der Waals surface area contributed by atoms with E-state index in [4.69, 9.17) is 9.47 Å². The van der Waals surface area contributed by atoms with Gasteiger partial charge in [0.1, 0.15) is 13.2 Å². The molecule has 3 rings (SSSR count). The summed E-state index contributed by atoms with van der Waals surface area (Å²) in [6.45, 7) is 1.29. The van der Waals surface area contributed by atoms with Crippen molar-refractivity contribution in [2.45, 2.75) is 12.7 Å². The first-order chi connectivity index (χ1) is 12.4. The van der Waals surface area contributed by atoms with Gasteiger partial charge in [0.2, 0.25) is 5.91 Å². The number of rotatable bonds is 4. The van der Waals surface area contributed by atoms with Crippen molar-refractivity contribution in [1.82, 2.24) is 5.32 Å². The van der Waals surface area contributed by atoms with Gasteiger partial charge >= 0.3 is 6.18 Å². The lowest BCUT2D eigenvalue weighted by Crippen LogP contribution is -2.21. The lowest BCUT2D eigenvalue weighted by molar-refractivity contribution is -0.137. The monoisotopic (exact) mass is 363 g/mol. The molecule has 0 fully saturated rings. The number of hydrogen-bond donors (Lipinski definition) is 1. The highest BCUT2D eigenvalue weighted by Gasteiger charge is 2.29. The van der Waals surface area contributed by atoms with Crippen LogP contribution in [0.5, 0.6) is 11.5 Å². The Kier molecular flexibility index (Phi) is 5.16. The van der Waals surface area contributed by atoms with Crippen molar-refractivity contribution in [3.05, 3.63) is 65.2 Å². The quantitative estimate of drug-likeness (QED) is 0.841. The van der Waals surface area contributed by atoms with E-state index in [1.165, 1.54) is 24.3 Å². The molecule has 7 heteroatoms. The molecule has 0 aliphatic carbocycles. The van der Waals surface area contributed by atoms with Gasteiger partial charge in [-0.1, -0.05) is 18.2 Å². The fourth-order valence-electron chi connectivity index (χ4n) is 2.40. The standard InChI is InChI=1S/C19H16F3NO3/c20-19(21,22)15-5-1-13(2-6-15)4-8-18(24)23-12-14-3-7-16-17(11-14)26-10-9-25-16/h1-8,11H,9-10,12H2,(H,23,24)/b8-4+. The summed E-state index contributed by atoms with van der Waals surface area (Å²) >= 11 is 0. The lowest BCUT2D eigenvalue weighted by atomic mass is 10.1. The summed E-state index contributed by atoms with van der Waals surface area (Å²) in [7, 11) is 0. The summed E-state index contributed by atoms with van der Waals surface area (Å²) in [6, 6.07) is 10.00. The van der Waals surface area contributed by atoms with Gasteiger partial charge in [0.25, 0.3) is 0 Å². The van der Waals surface area contributed by atoms with Crippen LogP contribution in [0.2, 0.25) is 0 Å². The highest BCUT2D eigenvalue weighted by molar-refractivity contribution is 5.91. The van der Waals surface area contributed by atoms with E-state index in [1.54, 1.807) is 12.1 Å². The van der Waals surface area contributed by atoms with E-state index in [2.05, 4.69) is 5.32 Å². The summed E-state index contributed by atoms with van der Waals surface area (Å²) in [5.41, 5.74) is 0.635. The largest absolute Gasteiger partial charge is 0.486 e. The zero-order valence-corrected chi connectivity index (χ0v) is 13.7. The molecule has 2 aromatic rings. The van der Waals surface area contributed by atoms with E-state index in [0.717, 1.165) is 17.7 Å². The Morgan fingerprint density at radius 1 is 1.04 bits per heavy atom. The van der Waals surface area contributed by atoms with Crippen LogP contribution in [0.15, 0.2) is 48.5 Å². The predicted molar refractivity (Wildman–Crippen MR) is 89.8 cm³/mol. The number of benzene rings is 2. The van der Waals surface area contributed by atoms with Gasteiger partial charge < -0.3 is 14.8 Å². The number of nitrogens with one attached hydrogen (secondary N) is 1. The number of carbonyl (C=O) groups excluding carboxylic acids is 1. The highest BCUT2D eigenvalue weighted by Crippen LogP contribution is 2.31. The first-order valence-corrected chi connectivity index (χ1v) is 7.93. The number of carbonyl (C=O) groups is 1. The maximum absolute atomic E-state index is 12.5. The van der Waals surface area contributed by atoms with Crippen molar-refractivity contribution in [1.29, 1.82) is 0 Å². The zero-order valence-electron chi connectivity index (χ0n) is 13.7. The fraction of sp³-hybridized carbons (Fsp3) is 0.211. The minimum absolute atomic E-state index is 0.298. The maximum Gasteiger partial charge on any atom is 0.416 e. The predicted octanol–water partition coefficient (Wildman–Crippen LogP) is 3.81. The first kappa shape index (κ1) is 17.8. The van der Waals surface area contributed by atoms with E-state index in [0.29, 0.717) is 36.8 Å². The topological polar surface area (TPSA) is 47.6 Å². The Morgan fingerprint density at radius 2 is 1.73 bits per heavy atom. The molecule has 0 radical (unpaired) electrons. The van der Waals surface area contributed by atoms with Gasteiger partial charge in [-0.05, 0) is 41.5 Å². The molecule has 1 aliphatic heterocycles. The molecule has 0 spiro atoms. The summed E-state index contributed by atoms with van der Waals surface area (Å²) in [4.78, 5) is 11.9. The molecule has 0 bridgehead atoms. The molecule has 4 nitrogen and oxygen atoms in total. The normalized spacial score (nSPS) is 13.7. The maximum atomic E-state index is 12.5. The number of halogens is 3. The molecule has 0 unspecified atom stereocenters. The van der Waals surface area contributed by atoms with Crippen LogP contribution in [0.25, 0.3) is 6.08 Å². The second-order valence-corrected chi connectivity index (χ2v) is 5.65. The smallest absolute Gasteiger partial charge is 0.416 e. The van der Waals surface area contributed by atoms with Gasteiger partial charge in [-0.25, -0.2) is 0 Å². The molecule has 26 heavy (non-hydrogen) atoms. The van der Waals surface area contributed by atoms with E-state index < -0.39 is 11.7 Å². The average Bonchev–Trinajstić information content (AvgIpc) is 2.64. The third kappa shape index (κ3) is 4.56. The third-order valence-corrected chi connectivity index (χ3v) is 3.74. The molecule has 1 aliphatic rings. The molecule has 0 aromatic heterocycles. The van der Waals surface area contributed by atoms with Crippen LogP contribution >= 0.6 is 0 Å². The van der Waals surface area contributed by atoms with Crippen LogP contribution in [0.3, 0.4) is 0 Å². The Labute approximate surface area is 148 Å². The molecule has 1 amide bonds. The number of amides is 1. The molecular weight excluding hydrogens is 347 g/mol. The first-order valence-electron chi connectivity index (χ1n) is 7.93. The summed E-state index contributed by atoms with van der Waals surface area (Å²) in [6.07, 6.45) is -1.64. The van der Waals surface area contributed by atoms with Gasteiger partial charge in [-0.3, -0.25) is 4.79 Å². The van der Waals surface area contributed by atoms with Crippen LogP contribution in [0.1, 0.15) is 16.7 Å². The Morgan fingerprint density at radius 3 is 2.42 bits per heavy atom. The van der Waals surface area contributed by atoms with Crippen molar-refractivity contribution in [3.8, 4) is 11.5 Å². The summed E-state index contributed by atoms with van der Waals surface area (Å²) < 4.78 is 48.4. The number of ether oxygens (including phenoxy) is 2. The second kappa shape index (κ2) is 7.51. The zero-order chi connectivity index (χ0) is 18.6. The van der Waals surface area contributed by atoms with Gasteiger partial charge in [0, 0.05) is 12.6 Å². The Hall–Kier alpha value is -2.96. The minimum atomic E-state index is -4.37. The molecule has 2 aromatic carbocycles. The Balaban J connectivity index is 1.54.